The molecule has 0 radical (unpaired) electrons. The maximum atomic E-state index is 12.8. The third-order valence-electron chi connectivity index (χ3n) is 4.81. The minimum absolute atomic E-state index is 0.0916. The number of hydrogen-bond acceptors (Lipinski definition) is 3. The highest BCUT2D eigenvalue weighted by Gasteiger charge is 2.40. The number of likely N-dealkylation sites (tertiary alicyclic amines) is 1. The molecule has 1 heterocycles. The highest BCUT2D eigenvalue weighted by Crippen LogP contribution is 2.30. The van der Waals surface area contributed by atoms with Crippen molar-refractivity contribution in [3.63, 3.8) is 0 Å². The Kier molecular flexibility index (Phi) is 6.40. The molecule has 0 aromatic carbocycles. The third kappa shape index (κ3) is 3.70. The fraction of sp³-hybridized carbons (Fsp3) is 0.867. The molecule has 116 valence electrons. The van der Waals surface area contributed by atoms with E-state index < -0.39 is 5.41 Å². The van der Waals surface area contributed by atoms with Crippen molar-refractivity contribution in [2.24, 2.45) is 17.1 Å². The molecule has 1 aliphatic rings. The van der Waals surface area contributed by atoms with Gasteiger partial charge >= 0.3 is 0 Å². The van der Waals surface area contributed by atoms with Gasteiger partial charge < -0.3 is 15.5 Å². The van der Waals surface area contributed by atoms with Crippen molar-refractivity contribution < 1.29 is 4.79 Å². The van der Waals surface area contributed by atoms with Crippen LogP contribution in [0, 0.1) is 11.3 Å². The molecule has 2 N–H and O–H groups in total. The van der Waals surface area contributed by atoms with E-state index in [2.05, 4.69) is 11.9 Å². The maximum absolute atomic E-state index is 12.8. The molecule has 1 rings (SSSR count). The average Bonchev–Trinajstić information content (AvgIpc) is 2.42. The van der Waals surface area contributed by atoms with Crippen LogP contribution < -0.4 is 5.73 Å². The molecule has 0 spiro atoms. The Bertz CT molecular complexity index is 347. The lowest BCUT2D eigenvalue weighted by Crippen LogP contribution is -2.50. The monoisotopic (exact) mass is 299 g/mol. The van der Waals surface area contributed by atoms with Gasteiger partial charge in [-0.2, -0.15) is 0 Å². The molecule has 1 amide bonds. The van der Waals surface area contributed by atoms with E-state index in [1.165, 1.54) is 0 Å². The van der Waals surface area contributed by atoms with Crippen molar-refractivity contribution >= 4 is 23.1 Å². The van der Waals surface area contributed by atoms with Gasteiger partial charge in [0.15, 0.2) is 0 Å². The number of nitrogens with two attached hydrogens (primary N) is 1. The first kappa shape index (κ1) is 17.4. The molecule has 4 nitrogen and oxygen atoms in total. The molecule has 0 aromatic heterocycles. The molecule has 1 fully saturated rings. The molecule has 0 saturated carbocycles. The Balaban J connectivity index is 2.68. The van der Waals surface area contributed by atoms with Gasteiger partial charge in [-0.1, -0.05) is 26.1 Å². The minimum atomic E-state index is -0.657. The van der Waals surface area contributed by atoms with Crippen LogP contribution in [-0.2, 0) is 4.79 Å². The van der Waals surface area contributed by atoms with Crippen LogP contribution in [0.3, 0.4) is 0 Å². The summed E-state index contributed by atoms with van der Waals surface area (Å²) in [6.45, 7) is 7.04. The predicted octanol–water partition coefficient (Wildman–Crippen LogP) is 1.88. The van der Waals surface area contributed by atoms with Gasteiger partial charge in [0.25, 0.3) is 0 Å². The second-order valence-electron chi connectivity index (χ2n) is 6.09. The van der Waals surface area contributed by atoms with Crippen LogP contribution in [0.25, 0.3) is 0 Å². The van der Waals surface area contributed by atoms with Crippen LogP contribution in [0.1, 0.15) is 39.5 Å². The Hall–Kier alpha value is -0.680. The lowest BCUT2D eigenvalue weighted by Gasteiger charge is -2.36. The largest absolute Gasteiger partial charge is 0.392 e. The molecule has 0 aliphatic carbocycles. The summed E-state index contributed by atoms with van der Waals surface area (Å²) >= 11 is 5.17. The predicted molar refractivity (Wildman–Crippen MR) is 87.7 cm³/mol. The second-order valence-corrected chi connectivity index (χ2v) is 6.53. The fourth-order valence-corrected chi connectivity index (χ4v) is 3.46. The number of piperidine rings is 1. The quantitative estimate of drug-likeness (QED) is 0.761. The molecule has 20 heavy (non-hydrogen) atoms. The summed E-state index contributed by atoms with van der Waals surface area (Å²) in [5.41, 5.74) is 5.20. The lowest BCUT2D eigenvalue weighted by atomic mass is 9.80. The minimum Gasteiger partial charge on any atom is -0.392 e. The normalized spacial score (nSPS) is 18.0. The zero-order valence-corrected chi connectivity index (χ0v) is 14.1. The van der Waals surface area contributed by atoms with Gasteiger partial charge in [-0.15, -0.1) is 0 Å². The molecule has 1 saturated heterocycles. The summed E-state index contributed by atoms with van der Waals surface area (Å²) in [5.74, 6) is 0.687. The number of rotatable bonds is 6. The first-order chi connectivity index (χ1) is 9.37. The van der Waals surface area contributed by atoms with E-state index in [0.29, 0.717) is 23.7 Å². The van der Waals surface area contributed by atoms with Gasteiger partial charge in [0, 0.05) is 13.6 Å². The van der Waals surface area contributed by atoms with Crippen molar-refractivity contribution in [1.82, 2.24) is 9.80 Å². The molecule has 0 unspecified atom stereocenters. The Morgan fingerprint density at radius 2 is 1.85 bits per heavy atom. The average molecular weight is 299 g/mol. The highest BCUT2D eigenvalue weighted by atomic mass is 32.1. The Morgan fingerprint density at radius 1 is 1.35 bits per heavy atom. The van der Waals surface area contributed by atoms with E-state index in [1.807, 2.05) is 25.8 Å². The van der Waals surface area contributed by atoms with Gasteiger partial charge in [-0.05, 0) is 51.7 Å². The summed E-state index contributed by atoms with van der Waals surface area (Å²) in [7, 11) is 4.04. The molecule has 1 aliphatic heterocycles. The van der Waals surface area contributed by atoms with Crippen LogP contribution in [0.4, 0.5) is 0 Å². The first-order valence-electron chi connectivity index (χ1n) is 7.61. The molecule has 0 aromatic rings. The van der Waals surface area contributed by atoms with Gasteiger partial charge in [0.2, 0.25) is 5.91 Å². The third-order valence-corrected chi connectivity index (χ3v) is 5.20. The van der Waals surface area contributed by atoms with E-state index in [9.17, 15) is 4.79 Å². The SMILES string of the molecule is CCC(CC)(C(=O)N(C)CC1CCN(C)CC1)C(N)=S. The zero-order valence-electron chi connectivity index (χ0n) is 13.3. The van der Waals surface area contributed by atoms with Crippen LogP contribution in [0.2, 0.25) is 0 Å². The van der Waals surface area contributed by atoms with E-state index in [1.54, 1.807) is 0 Å². The van der Waals surface area contributed by atoms with Gasteiger partial charge in [0.1, 0.15) is 0 Å². The fourth-order valence-electron chi connectivity index (χ4n) is 3.09. The summed E-state index contributed by atoms with van der Waals surface area (Å²) in [5, 5.41) is 0. The van der Waals surface area contributed by atoms with Crippen LogP contribution in [0.5, 0.6) is 0 Å². The van der Waals surface area contributed by atoms with E-state index in [-0.39, 0.29) is 5.91 Å². The van der Waals surface area contributed by atoms with Gasteiger partial charge in [0.05, 0.1) is 10.4 Å². The van der Waals surface area contributed by atoms with Crippen molar-refractivity contribution in [3.05, 3.63) is 0 Å². The van der Waals surface area contributed by atoms with Gasteiger partial charge in [-0.3, -0.25) is 4.79 Å². The number of nitrogens with zero attached hydrogens (tertiary/aromatic N) is 2. The first-order valence-corrected chi connectivity index (χ1v) is 8.02. The van der Waals surface area contributed by atoms with Crippen molar-refractivity contribution in [2.45, 2.75) is 39.5 Å². The van der Waals surface area contributed by atoms with E-state index in [0.717, 1.165) is 32.5 Å². The lowest BCUT2D eigenvalue weighted by molar-refractivity contribution is -0.138. The summed E-state index contributed by atoms with van der Waals surface area (Å²) in [6.07, 6.45) is 3.67. The second kappa shape index (κ2) is 7.36. The Labute approximate surface area is 128 Å². The maximum Gasteiger partial charge on any atom is 0.235 e. The van der Waals surface area contributed by atoms with E-state index in [4.69, 9.17) is 18.0 Å². The van der Waals surface area contributed by atoms with Crippen molar-refractivity contribution in [1.29, 1.82) is 0 Å². The highest BCUT2D eigenvalue weighted by molar-refractivity contribution is 7.80. The molecule has 5 heteroatoms. The van der Waals surface area contributed by atoms with Crippen molar-refractivity contribution in [3.8, 4) is 0 Å². The smallest absolute Gasteiger partial charge is 0.235 e. The topological polar surface area (TPSA) is 49.6 Å². The zero-order chi connectivity index (χ0) is 15.3. The molecule has 0 bridgehead atoms. The number of thiocarbonyl (C=S) groups is 1. The Morgan fingerprint density at radius 3 is 2.25 bits per heavy atom. The number of amides is 1. The summed E-state index contributed by atoms with van der Waals surface area (Å²) in [6, 6.07) is 0. The van der Waals surface area contributed by atoms with Gasteiger partial charge in [-0.25, -0.2) is 0 Å². The number of carbonyl (C=O) groups excluding carboxylic acids is 1. The summed E-state index contributed by atoms with van der Waals surface area (Å²) < 4.78 is 0. The molecular weight excluding hydrogens is 270 g/mol. The van der Waals surface area contributed by atoms with Crippen LogP contribution >= 0.6 is 12.2 Å². The van der Waals surface area contributed by atoms with Crippen LogP contribution in [-0.4, -0.2) is 54.4 Å². The standard InChI is InChI=1S/C15H29N3OS/c1-5-15(6-2,13(16)20)14(19)18(4)11-12-7-9-17(3)10-8-12/h12H,5-11H2,1-4H3,(H2,16,20). The molecular formula is C15H29N3OS. The number of carbonyl (C=O) groups is 1. The number of hydrogen-bond donors (Lipinski definition) is 1. The van der Waals surface area contributed by atoms with Crippen LogP contribution in [0.15, 0.2) is 0 Å². The summed E-state index contributed by atoms with van der Waals surface area (Å²) in [4.78, 5) is 17.3. The van der Waals surface area contributed by atoms with Crippen molar-refractivity contribution in [2.75, 3.05) is 33.7 Å². The van der Waals surface area contributed by atoms with E-state index >= 15 is 0 Å². The molecule has 0 atom stereocenters.